The Morgan fingerprint density at radius 1 is 1.20 bits per heavy atom. The first-order chi connectivity index (χ1) is 7.31. The van der Waals surface area contributed by atoms with Crippen LogP contribution in [0.5, 0.6) is 0 Å². The smallest absolute Gasteiger partial charge is 0.0246 e. The average molecular weight is 210 g/mol. The van der Waals surface area contributed by atoms with Crippen molar-refractivity contribution in [2.75, 3.05) is 19.6 Å². The van der Waals surface area contributed by atoms with Gasteiger partial charge in [-0.3, -0.25) is 4.90 Å². The van der Waals surface area contributed by atoms with Gasteiger partial charge in [-0.1, -0.05) is 19.8 Å². The van der Waals surface area contributed by atoms with Gasteiger partial charge in [-0.15, -0.1) is 0 Å². The van der Waals surface area contributed by atoms with E-state index in [-0.39, 0.29) is 0 Å². The molecule has 1 aliphatic carbocycles. The van der Waals surface area contributed by atoms with Gasteiger partial charge in [-0.05, 0) is 50.6 Å². The van der Waals surface area contributed by atoms with E-state index in [1.54, 1.807) is 0 Å². The molecule has 2 aliphatic rings. The number of rotatable bonds is 3. The summed E-state index contributed by atoms with van der Waals surface area (Å²) in [4.78, 5) is 2.66. The van der Waals surface area contributed by atoms with Gasteiger partial charge in [0.1, 0.15) is 0 Å². The largest absolute Gasteiger partial charge is 0.329 e. The maximum Gasteiger partial charge on any atom is 0.0246 e. The van der Waals surface area contributed by atoms with Gasteiger partial charge in [0.2, 0.25) is 0 Å². The summed E-state index contributed by atoms with van der Waals surface area (Å²) in [7, 11) is 0. The van der Waals surface area contributed by atoms with Crippen LogP contribution in [0.1, 0.15) is 45.4 Å². The van der Waals surface area contributed by atoms with Crippen LogP contribution in [0.15, 0.2) is 0 Å². The predicted molar refractivity (Wildman–Crippen MR) is 64.8 cm³/mol. The minimum absolute atomic E-state index is 0.690. The second-order valence-electron chi connectivity index (χ2n) is 5.58. The lowest BCUT2D eigenvalue weighted by Gasteiger charge is -2.37. The Kier molecular flexibility index (Phi) is 4.04. The number of nitrogens with zero attached hydrogens (tertiary/aromatic N) is 1. The van der Waals surface area contributed by atoms with Crippen molar-refractivity contribution in [3.05, 3.63) is 0 Å². The van der Waals surface area contributed by atoms with Crippen molar-refractivity contribution in [2.24, 2.45) is 17.6 Å². The van der Waals surface area contributed by atoms with Crippen LogP contribution in [-0.4, -0.2) is 30.6 Å². The van der Waals surface area contributed by atoms with E-state index in [9.17, 15) is 0 Å². The fourth-order valence-electron chi connectivity index (χ4n) is 3.54. The minimum Gasteiger partial charge on any atom is -0.329 e. The molecule has 0 aromatic rings. The van der Waals surface area contributed by atoms with Crippen LogP contribution in [0.25, 0.3) is 0 Å². The third-order valence-corrected chi connectivity index (χ3v) is 4.37. The van der Waals surface area contributed by atoms with E-state index in [1.165, 1.54) is 51.6 Å². The molecule has 1 aliphatic heterocycles. The van der Waals surface area contributed by atoms with Crippen molar-refractivity contribution in [3.63, 3.8) is 0 Å². The molecule has 3 atom stereocenters. The molecule has 0 amide bonds. The van der Waals surface area contributed by atoms with Crippen LogP contribution < -0.4 is 5.73 Å². The van der Waals surface area contributed by atoms with Gasteiger partial charge in [0, 0.05) is 12.6 Å². The fraction of sp³-hybridized carbons (Fsp3) is 1.00. The van der Waals surface area contributed by atoms with Gasteiger partial charge in [-0.25, -0.2) is 0 Å². The lowest BCUT2D eigenvalue weighted by atomic mass is 9.78. The third kappa shape index (κ3) is 2.73. The zero-order chi connectivity index (χ0) is 10.7. The second-order valence-corrected chi connectivity index (χ2v) is 5.58. The van der Waals surface area contributed by atoms with Gasteiger partial charge in [-0.2, -0.15) is 0 Å². The van der Waals surface area contributed by atoms with Gasteiger partial charge in [0.25, 0.3) is 0 Å². The van der Waals surface area contributed by atoms with E-state index >= 15 is 0 Å². The molecule has 1 saturated carbocycles. The first kappa shape index (κ1) is 11.4. The summed E-state index contributed by atoms with van der Waals surface area (Å²) < 4.78 is 0. The molecule has 1 saturated heterocycles. The first-order valence-electron chi connectivity index (χ1n) is 6.75. The van der Waals surface area contributed by atoms with Crippen molar-refractivity contribution in [1.82, 2.24) is 4.90 Å². The van der Waals surface area contributed by atoms with E-state index in [2.05, 4.69) is 11.8 Å². The highest BCUT2D eigenvalue weighted by Crippen LogP contribution is 2.33. The Hall–Kier alpha value is -0.0800. The summed E-state index contributed by atoms with van der Waals surface area (Å²) in [6.45, 7) is 5.88. The zero-order valence-electron chi connectivity index (χ0n) is 10.1. The molecule has 0 radical (unpaired) electrons. The van der Waals surface area contributed by atoms with E-state index in [0.29, 0.717) is 6.04 Å². The minimum atomic E-state index is 0.690. The molecule has 1 heterocycles. The summed E-state index contributed by atoms with van der Waals surface area (Å²) in [5.74, 6) is 1.82. The Labute approximate surface area is 94.2 Å². The third-order valence-electron chi connectivity index (χ3n) is 4.37. The van der Waals surface area contributed by atoms with Gasteiger partial charge in [0.05, 0.1) is 0 Å². The van der Waals surface area contributed by atoms with E-state index < -0.39 is 0 Å². The summed E-state index contributed by atoms with van der Waals surface area (Å²) in [6, 6.07) is 0.690. The molecule has 2 fully saturated rings. The molecule has 2 nitrogen and oxygen atoms in total. The van der Waals surface area contributed by atoms with Gasteiger partial charge in [0.15, 0.2) is 0 Å². The van der Waals surface area contributed by atoms with Crippen molar-refractivity contribution in [3.8, 4) is 0 Å². The highest BCUT2D eigenvalue weighted by molar-refractivity contribution is 4.86. The maximum absolute atomic E-state index is 5.99. The lowest BCUT2D eigenvalue weighted by Crippen LogP contribution is -2.45. The number of likely N-dealkylation sites (tertiary alicyclic amines) is 1. The summed E-state index contributed by atoms with van der Waals surface area (Å²) >= 11 is 0. The maximum atomic E-state index is 5.99. The molecule has 0 aromatic heterocycles. The Morgan fingerprint density at radius 2 is 1.93 bits per heavy atom. The number of nitrogens with two attached hydrogens (primary N) is 1. The quantitative estimate of drug-likeness (QED) is 0.774. The average Bonchev–Trinajstić information content (AvgIpc) is 2.72. The van der Waals surface area contributed by atoms with Gasteiger partial charge < -0.3 is 5.73 Å². The highest BCUT2D eigenvalue weighted by Gasteiger charge is 2.30. The summed E-state index contributed by atoms with van der Waals surface area (Å²) in [6.07, 6.45) is 8.47. The molecule has 2 N–H and O–H groups in total. The molecule has 2 heteroatoms. The van der Waals surface area contributed by atoms with Crippen LogP contribution in [0.4, 0.5) is 0 Å². The van der Waals surface area contributed by atoms with Crippen LogP contribution >= 0.6 is 0 Å². The molecule has 88 valence electrons. The Balaban J connectivity index is 1.92. The predicted octanol–water partition coefficient (Wildman–Crippen LogP) is 2.24. The monoisotopic (exact) mass is 210 g/mol. The fourth-order valence-corrected chi connectivity index (χ4v) is 3.54. The Morgan fingerprint density at radius 3 is 2.53 bits per heavy atom. The van der Waals surface area contributed by atoms with E-state index in [4.69, 9.17) is 5.73 Å². The SMILES string of the molecule is CC1CCCC(C(CN)N2CCCC2)C1. The van der Waals surface area contributed by atoms with Gasteiger partial charge >= 0.3 is 0 Å². The molecule has 0 bridgehead atoms. The van der Waals surface area contributed by atoms with Crippen molar-refractivity contribution in [2.45, 2.75) is 51.5 Å². The first-order valence-corrected chi connectivity index (χ1v) is 6.75. The Bertz CT molecular complexity index is 187. The zero-order valence-corrected chi connectivity index (χ0v) is 10.1. The summed E-state index contributed by atoms with van der Waals surface area (Å²) in [5.41, 5.74) is 5.99. The van der Waals surface area contributed by atoms with Crippen LogP contribution in [0, 0.1) is 11.8 Å². The van der Waals surface area contributed by atoms with E-state index in [1.807, 2.05) is 0 Å². The van der Waals surface area contributed by atoms with Crippen LogP contribution in [0.3, 0.4) is 0 Å². The molecule has 0 aromatic carbocycles. The van der Waals surface area contributed by atoms with Crippen LogP contribution in [0.2, 0.25) is 0 Å². The van der Waals surface area contributed by atoms with Crippen molar-refractivity contribution < 1.29 is 0 Å². The van der Waals surface area contributed by atoms with Crippen LogP contribution in [-0.2, 0) is 0 Å². The normalized spacial score (nSPS) is 35.6. The topological polar surface area (TPSA) is 29.3 Å². The molecule has 0 spiro atoms. The standard InChI is InChI=1S/C13H26N2/c1-11-5-4-6-12(9-11)13(10-14)15-7-2-3-8-15/h11-13H,2-10,14H2,1H3. The molecular weight excluding hydrogens is 184 g/mol. The van der Waals surface area contributed by atoms with Crippen molar-refractivity contribution in [1.29, 1.82) is 0 Å². The highest BCUT2D eigenvalue weighted by atomic mass is 15.2. The number of hydrogen-bond acceptors (Lipinski definition) is 2. The molecule has 15 heavy (non-hydrogen) atoms. The molecular formula is C13H26N2. The van der Waals surface area contributed by atoms with E-state index in [0.717, 1.165) is 18.4 Å². The second kappa shape index (κ2) is 5.31. The molecule has 3 unspecified atom stereocenters. The molecule has 2 rings (SSSR count). The summed E-state index contributed by atoms with van der Waals surface area (Å²) in [5, 5.41) is 0. The lowest BCUT2D eigenvalue weighted by molar-refractivity contribution is 0.129. The van der Waals surface area contributed by atoms with Crippen molar-refractivity contribution >= 4 is 0 Å². The number of hydrogen-bond donors (Lipinski definition) is 1.